The molecule has 170 valence electrons. The van der Waals surface area contributed by atoms with Gasteiger partial charge in [-0.15, -0.1) is 0 Å². The fourth-order valence-electron chi connectivity index (χ4n) is 7.48. The molecule has 30 heavy (non-hydrogen) atoms. The number of hydrogen-bond donors (Lipinski definition) is 0. The molecule has 3 fully saturated rings. The Morgan fingerprint density at radius 3 is 2.47 bits per heavy atom. The van der Waals surface area contributed by atoms with Gasteiger partial charge in [0.2, 0.25) is 5.91 Å². The largest absolute Gasteiger partial charge is 0.534 e. The molecule has 5 nitrogen and oxygen atoms in total. The topological polar surface area (TPSA) is 63.7 Å². The zero-order valence-corrected chi connectivity index (χ0v) is 18.6. The Labute approximate surface area is 176 Å². The third-order valence-electron chi connectivity index (χ3n) is 8.84. The van der Waals surface area contributed by atoms with Gasteiger partial charge in [0.05, 0.1) is 0 Å². The SMILES string of the molecule is CC1C=C(OS(=O)(=O)C(F)(F)F)[C@@]2(C)CC[C@@H]3[C@@H](CCC4N(C)C(=O)CC[C@@]43C)[C@H]12. The van der Waals surface area contributed by atoms with Gasteiger partial charge in [0, 0.05) is 24.9 Å². The molecular formula is C21H30F3NO4S. The molecule has 1 saturated heterocycles. The predicted molar refractivity (Wildman–Crippen MR) is 104 cm³/mol. The molecule has 0 aromatic carbocycles. The van der Waals surface area contributed by atoms with Crippen molar-refractivity contribution in [2.24, 2.45) is 34.5 Å². The Morgan fingerprint density at radius 2 is 1.83 bits per heavy atom. The number of piperidine rings is 1. The van der Waals surface area contributed by atoms with Crippen LogP contribution in [0.2, 0.25) is 0 Å². The molecule has 0 aromatic rings. The number of alkyl halides is 3. The minimum absolute atomic E-state index is 0.0196. The van der Waals surface area contributed by atoms with Crippen LogP contribution in [0.1, 0.15) is 59.3 Å². The number of nitrogens with zero attached hydrogens (tertiary/aromatic N) is 1. The van der Waals surface area contributed by atoms with E-state index in [4.69, 9.17) is 4.18 Å². The molecule has 0 bridgehead atoms. The second kappa shape index (κ2) is 6.62. The molecule has 1 aliphatic heterocycles. The van der Waals surface area contributed by atoms with Gasteiger partial charge in [0.25, 0.3) is 0 Å². The Morgan fingerprint density at radius 1 is 1.17 bits per heavy atom. The van der Waals surface area contributed by atoms with Gasteiger partial charge in [0.15, 0.2) is 0 Å². The van der Waals surface area contributed by atoms with E-state index in [1.165, 1.54) is 0 Å². The average Bonchev–Trinajstić information content (AvgIpc) is 2.87. The van der Waals surface area contributed by atoms with Gasteiger partial charge >= 0.3 is 15.6 Å². The van der Waals surface area contributed by atoms with Gasteiger partial charge in [-0.25, -0.2) is 0 Å². The van der Waals surface area contributed by atoms with Crippen LogP contribution < -0.4 is 0 Å². The fourth-order valence-corrected chi connectivity index (χ4v) is 8.06. The number of hydrogen-bond acceptors (Lipinski definition) is 4. The number of fused-ring (bicyclic) bond motifs is 5. The van der Waals surface area contributed by atoms with E-state index in [-0.39, 0.29) is 40.9 Å². The van der Waals surface area contributed by atoms with E-state index in [0.717, 1.165) is 25.7 Å². The Kier molecular flexibility index (Phi) is 4.85. The molecule has 0 N–H and O–H groups in total. The van der Waals surface area contributed by atoms with Crippen LogP contribution in [0.15, 0.2) is 11.8 Å². The standard InChI is InChI=1S/C21H30F3NO4S/c1-12-11-16(29-30(27,28)21(22,23)24)20(3)9-7-14-13(18(12)20)5-6-15-19(14,2)10-8-17(26)25(15)4/h11-15,18H,5-10H2,1-4H3/t12?,13-,14-,15?,18+,19-,20-/m1/s1. The van der Waals surface area contributed by atoms with Crippen LogP contribution in [-0.2, 0) is 19.1 Å². The van der Waals surface area contributed by atoms with Crippen LogP contribution in [0, 0.1) is 34.5 Å². The first-order chi connectivity index (χ1) is 13.7. The van der Waals surface area contributed by atoms with E-state index < -0.39 is 21.0 Å². The summed E-state index contributed by atoms with van der Waals surface area (Å²) in [5.41, 5.74) is -6.18. The zero-order chi connectivity index (χ0) is 22.3. The first kappa shape index (κ1) is 22.0. The number of carbonyl (C=O) groups excluding carboxylic acids is 1. The van der Waals surface area contributed by atoms with Crippen molar-refractivity contribution in [2.75, 3.05) is 7.05 Å². The van der Waals surface area contributed by atoms with Crippen molar-refractivity contribution in [1.29, 1.82) is 0 Å². The van der Waals surface area contributed by atoms with Crippen molar-refractivity contribution in [3.8, 4) is 0 Å². The number of likely N-dealkylation sites (tertiary alicyclic amines) is 1. The van der Waals surface area contributed by atoms with E-state index >= 15 is 0 Å². The summed E-state index contributed by atoms with van der Waals surface area (Å²) in [5, 5.41) is 0. The van der Waals surface area contributed by atoms with Crippen LogP contribution in [0.25, 0.3) is 0 Å². The van der Waals surface area contributed by atoms with Crippen LogP contribution >= 0.6 is 0 Å². The molecule has 1 heterocycles. The highest BCUT2D eigenvalue weighted by Gasteiger charge is 2.63. The number of allylic oxidation sites excluding steroid dienone is 2. The van der Waals surface area contributed by atoms with Gasteiger partial charge in [-0.05, 0) is 67.3 Å². The van der Waals surface area contributed by atoms with Crippen molar-refractivity contribution in [2.45, 2.75) is 70.8 Å². The highest BCUT2D eigenvalue weighted by atomic mass is 32.2. The molecule has 9 heteroatoms. The normalized spacial score (nSPS) is 44.1. The maximum absolute atomic E-state index is 12.9. The monoisotopic (exact) mass is 449 g/mol. The predicted octanol–water partition coefficient (Wildman–Crippen LogP) is 4.46. The first-order valence-electron chi connectivity index (χ1n) is 10.7. The lowest BCUT2D eigenvalue weighted by Gasteiger charge is -2.61. The van der Waals surface area contributed by atoms with Gasteiger partial charge in [-0.3, -0.25) is 4.79 Å². The molecule has 3 aliphatic carbocycles. The molecule has 2 unspecified atom stereocenters. The number of carbonyl (C=O) groups is 1. The maximum Gasteiger partial charge on any atom is 0.534 e. The summed E-state index contributed by atoms with van der Waals surface area (Å²) in [4.78, 5) is 14.1. The summed E-state index contributed by atoms with van der Waals surface area (Å²) in [6.45, 7) is 6.07. The molecule has 7 atom stereocenters. The highest BCUT2D eigenvalue weighted by molar-refractivity contribution is 7.87. The Hall–Kier alpha value is -1.25. The Balaban J connectivity index is 1.63. The highest BCUT2D eigenvalue weighted by Crippen LogP contribution is 2.66. The fraction of sp³-hybridized carbons (Fsp3) is 0.857. The number of amides is 1. The van der Waals surface area contributed by atoms with Crippen molar-refractivity contribution < 1.29 is 30.6 Å². The molecule has 4 aliphatic rings. The lowest BCUT2D eigenvalue weighted by molar-refractivity contribution is -0.158. The smallest absolute Gasteiger partial charge is 0.380 e. The average molecular weight is 450 g/mol. The van der Waals surface area contributed by atoms with Crippen molar-refractivity contribution >= 4 is 16.0 Å². The summed E-state index contributed by atoms with van der Waals surface area (Å²) in [6, 6.07) is 0.190. The minimum Gasteiger partial charge on any atom is -0.380 e. The van der Waals surface area contributed by atoms with Gasteiger partial charge in [0.1, 0.15) is 5.76 Å². The van der Waals surface area contributed by atoms with E-state index in [2.05, 4.69) is 6.92 Å². The first-order valence-corrected chi connectivity index (χ1v) is 12.1. The zero-order valence-electron chi connectivity index (χ0n) is 17.8. The summed E-state index contributed by atoms with van der Waals surface area (Å²) < 4.78 is 66.9. The summed E-state index contributed by atoms with van der Waals surface area (Å²) in [5.74, 6) is 0.742. The summed E-state index contributed by atoms with van der Waals surface area (Å²) in [6.07, 6.45) is 6.10. The quantitative estimate of drug-likeness (QED) is 0.461. The third kappa shape index (κ3) is 2.93. The van der Waals surface area contributed by atoms with Gasteiger partial charge in [-0.2, -0.15) is 21.6 Å². The van der Waals surface area contributed by atoms with Crippen LogP contribution in [0.4, 0.5) is 13.2 Å². The Bertz CT molecular complexity index is 885. The van der Waals surface area contributed by atoms with E-state index in [1.54, 1.807) is 6.08 Å². The summed E-state index contributed by atoms with van der Waals surface area (Å²) >= 11 is 0. The molecule has 2 saturated carbocycles. The van der Waals surface area contributed by atoms with E-state index in [9.17, 15) is 26.4 Å². The van der Waals surface area contributed by atoms with Gasteiger partial charge < -0.3 is 9.08 Å². The summed E-state index contributed by atoms with van der Waals surface area (Å²) in [7, 11) is -3.80. The van der Waals surface area contributed by atoms with E-state index in [1.807, 2.05) is 25.8 Å². The molecule has 0 aromatic heterocycles. The molecule has 0 radical (unpaired) electrons. The minimum atomic E-state index is -5.68. The molecule has 1 amide bonds. The van der Waals surface area contributed by atoms with Crippen LogP contribution in [0.3, 0.4) is 0 Å². The lowest BCUT2D eigenvalue weighted by Crippen LogP contribution is -2.61. The number of rotatable bonds is 2. The second-order valence-electron chi connectivity index (χ2n) is 10.2. The lowest BCUT2D eigenvalue weighted by atomic mass is 9.46. The van der Waals surface area contributed by atoms with Crippen LogP contribution in [0.5, 0.6) is 0 Å². The second-order valence-corrected chi connectivity index (χ2v) is 11.8. The molecule has 4 rings (SSSR count). The molecule has 0 spiro atoms. The van der Waals surface area contributed by atoms with Crippen LogP contribution in [-0.4, -0.2) is 37.8 Å². The molecular weight excluding hydrogens is 419 g/mol. The van der Waals surface area contributed by atoms with Crippen molar-refractivity contribution in [1.82, 2.24) is 4.90 Å². The third-order valence-corrected chi connectivity index (χ3v) is 9.80. The van der Waals surface area contributed by atoms with Gasteiger partial charge in [-0.1, -0.05) is 20.8 Å². The number of halogens is 3. The van der Waals surface area contributed by atoms with Crippen molar-refractivity contribution in [3.05, 3.63) is 11.8 Å². The van der Waals surface area contributed by atoms with Crippen molar-refractivity contribution in [3.63, 3.8) is 0 Å². The maximum atomic E-state index is 12.9. The van der Waals surface area contributed by atoms with E-state index in [0.29, 0.717) is 18.8 Å².